The number of amides is 1. The molecule has 1 aliphatic rings. The number of nitrogens with one attached hydrogen (secondary N) is 1. The maximum atomic E-state index is 12.1. The summed E-state index contributed by atoms with van der Waals surface area (Å²) < 4.78 is 10.9. The first-order chi connectivity index (χ1) is 11.9. The summed E-state index contributed by atoms with van der Waals surface area (Å²) >= 11 is 0. The number of para-hydroxylation sites is 2. The minimum absolute atomic E-state index is 0.0112. The number of ether oxygens (including phenoxy) is 2. The quantitative estimate of drug-likeness (QED) is 0.773. The van der Waals surface area contributed by atoms with Gasteiger partial charge in [-0.3, -0.25) is 9.69 Å². The first-order valence-electron chi connectivity index (χ1n) is 8.88. The maximum absolute atomic E-state index is 12.1. The van der Waals surface area contributed by atoms with Gasteiger partial charge in [0, 0.05) is 38.3 Å². The predicted molar refractivity (Wildman–Crippen MR) is 99.3 cm³/mol. The SMILES string of the molecule is COc1ccccc1OCCC(=O)NCC(C)(C)N1CCN(C)CC1. The van der Waals surface area contributed by atoms with Crippen molar-refractivity contribution >= 4 is 5.91 Å². The topological polar surface area (TPSA) is 54.0 Å². The van der Waals surface area contributed by atoms with Crippen molar-refractivity contribution in [3.05, 3.63) is 24.3 Å². The summed E-state index contributed by atoms with van der Waals surface area (Å²) in [6, 6.07) is 7.45. The molecule has 1 aromatic carbocycles. The van der Waals surface area contributed by atoms with Crippen molar-refractivity contribution < 1.29 is 14.3 Å². The van der Waals surface area contributed by atoms with E-state index in [9.17, 15) is 4.79 Å². The molecule has 1 fully saturated rings. The Bertz CT molecular complexity index is 555. The van der Waals surface area contributed by atoms with Crippen LogP contribution in [-0.4, -0.2) is 74.7 Å². The van der Waals surface area contributed by atoms with Crippen molar-refractivity contribution in [2.75, 3.05) is 53.5 Å². The van der Waals surface area contributed by atoms with Crippen LogP contribution >= 0.6 is 0 Å². The second-order valence-corrected chi connectivity index (χ2v) is 7.13. The fraction of sp³-hybridized carbons (Fsp3) is 0.632. The molecule has 2 rings (SSSR count). The van der Waals surface area contributed by atoms with Crippen LogP contribution in [0.25, 0.3) is 0 Å². The van der Waals surface area contributed by atoms with Gasteiger partial charge < -0.3 is 19.7 Å². The molecule has 1 amide bonds. The number of rotatable bonds is 8. The average Bonchev–Trinajstić information content (AvgIpc) is 2.61. The molecule has 1 aromatic rings. The first-order valence-corrected chi connectivity index (χ1v) is 8.88. The Morgan fingerprint density at radius 1 is 1.16 bits per heavy atom. The molecule has 1 saturated heterocycles. The largest absolute Gasteiger partial charge is 0.493 e. The van der Waals surface area contributed by atoms with Crippen LogP contribution in [0.15, 0.2) is 24.3 Å². The van der Waals surface area contributed by atoms with E-state index in [0.29, 0.717) is 31.1 Å². The fourth-order valence-electron chi connectivity index (χ4n) is 2.92. The lowest BCUT2D eigenvalue weighted by Gasteiger charge is -2.43. The minimum Gasteiger partial charge on any atom is -0.493 e. The summed E-state index contributed by atoms with van der Waals surface area (Å²) in [5, 5.41) is 3.04. The van der Waals surface area contributed by atoms with E-state index in [1.807, 2.05) is 24.3 Å². The van der Waals surface area contributed by atoms with Crippen LogP contribution in [0, 0.1) is 0 Å². The molecule has 0 aliphatic carbocycles. The molecule has 0 aromatic heterocycles. The van der Waals surface area contributed by atoms with Crippen molar-refractivity contribution in [2.45, 2.75) is 25.8 Å². The van der Waals surface area contributed by atoms with Crippen molar-refractivity contribution in [3.63, 3.8) is 0 Å². The predicted octanol–water partition coefficient (Wildman–Crippen LogP) is 1.61. The van der Waals surface area contributed by atoms with Crippen LogP contribution in [0.5, 0.6) is 11.5 Å². The Hall–Kier alpha value is -1.79. The van der Waals surface area contributed by atoms with Gasteiger partial charge in [-0.1, -0.05) is 12.1 Å². The van der Waals surface area contributed by atoms with Gasteiger partial charge >= 0.3 is 0 Å². The molecule has 0 unspecified atom stereocenters. The zero-order valence-electron chi connectivity index (χ0n) is 15.9. The van der Waals surface area contributed by atoms with Gasteiger partial charge in [-0.2, -0.15) is 0 Å². The molecule has 0 bridgehead atoms. The van der Waals surface area contributed by atoms with E-state index in [0.717, 1.165) is 26.2 Å². The summed E-state index contributed by atoms with van der Waals surface area (Å²) in [7, 11) is 3.75. The summed E-state index contributed by atoms with van der Waals surface area (Å²) in [6.07, 6.45) is 0.330. The number of carbonyl (C=O) groups excluding carboxylic acids is 1. The van der Waals surface area contributed by atoms with Gasteiger partial charge in [0.25, 0.3) is 0 Å². The van der Waals surface area contributed by atoms with Gasteiger partial charge in [-0.05, 0) is 33.0 Å². The lowest BCUT2D eigenvalue weighted by Crippen LogP contribution is -2.57. The number of carbonyl (C=O) groups is 1. The summed E-state index contributed by atoms with van der Waals surface area (Å²) in [4.78, 5) is 16.9. The highest BCUT2D eigenvalue weighted by atomic mass is 16.5. The fourth-order valence-corrected chi connectivity index (χ4v) is 2.92. The lowest BCUT2D eigenvalue weighted by molar-refractivity contribution is -0.122. The van der Waals surface area contributed by atoms with E-state index >= 15 is 0 Å². The number of methoxy groups -OCH3 is 1. The molecule has 0 radical (unpaired) electrons. The van der Waals surface area contributed by atoms with Gasteiger partial charge in [0.05, 0.1) is 20.1 Å². The molecular weight excluding hydrogens is 318 g/mol. The molecule has 0 spiro atoms. The number of nitrogens with zero attached hydrogens (tertiary/aromatic N) is 2. The van der Waals surface area contributed by atoms with Crippen molar-refractivity contribution in [1.82, 2.24) is 15.1 Å². The second kappa shape index (κ2) is 9.06. The molecule has 1 aliphatic heterocycles. The zero-order valence-corrected chi connectivity index (χ0v) is 15.9. The van der Waals surface area contributed by atoms with Crippen molar-refractivity contribution in [1.29, 1.82) is 0 Å². The standard InChI is InChI=1S/C19H31N3O3/c1-19(2,22-12-10-21(3)11-13-22)15-20-18(23)9-14-25-17-8-6-5-7-16(17)24-4/h5-8H,9-15H2,1-4H3,(H,20,23). The number of hydrogen-bond donors (Lipinski definition) is 1. The highest BCUT2D eigenvalue weighted by Gasteiger charge is 2.29. The molecule has 0 saturated carbocycles. The Labute approximate surface area is 151 Å². The Morgan fingerprint density at radius 2 is 1.80 bits per heavy atom. The molecule has 0 atom stereocenters. The third kappa shape index (κ3) is 5.90. The average molecular weight is 349 g/mol. The van der Waals surface area contributed by atoms with Crippen LogP contribution in [0.1, 0.15) is 20.3 Å². The highest BCUT2D eigenvalue weighted by molar-refractivity contribution is 5.76. The third-order valence-electron chi connectivity index (χ3n) is 4.73. The molecule has 6 nitrogen and oxygen atoms in total. The summed E-state index contributed by atoms with van der Waals surface area (Å²) in [6.45, 7) is 9.57. The number of hydrogen-bond acceptors (Lipinski definition) is 5. The third-order valence-corrected chi connectivity index (χ3v) is 4.73. The van der Waals surface area contributed by atoms with E-state index in [1.165, 1.54) is 0 Å². The maximum Gasteiger partial charge on any atom is 0.223 e. The Balaban J connectivity index is 1.71. The summed E-state index contributed by atoms with van der Waals surface area (Å²) in [5.74, 6) is 1.35. The van der Waals surface area contributed by atoms with Crippen molar-refractivity contribution in [2.24, 2.45) is 0 Å². The Morgan fingerprint density at radius 3 is 2.44 bits per heavy atom. The van der Waals surface area contributed by atoms with E-state index in [-0.39, 0.29) is 11.4 Å². The highest BCUT2D eigenvalue weighted by Crippen LogP contribution is 2.25. The smallest absolute Gasteiger partial charge is 0.223 e. The van der Waals surface area contributed by atoms with Gasteiger partial charge in [0.15, 0.2) is 11.5 Å². The molecule has 1 heterocycles. The number of benzene rings is 1. The normalized spacial score (nSPS) is 16.5. The molecule has 25 heavy (non-hydrogen) atoms. The van der Waals surface area contributed by atoms with Crippen LogP contribution < -0.4 is 14.8 Å². The van der Waals surface area contributed by atoms with E-state index in [1.54, 1.807) is 7.11 Å². The van der Waals surface area contributed by atoms with Crippen LogP contribution in [-0.2, 0) is 4.79 Å². The number of likely N-dealkylation sites (N-methyl/N-ethyl adjacent to an activating group) is 1. The molecule has 140 valence electrons. The van der Waals surface area contributed by atoms with Gasteiger partial charge in [-0.15, -0.1) is 0 Å². The van der Waals surface area contributed by atoms with Crippen LogP contribution in [0.2, 0.25) is 0 Å². The van der Waals surface area contributed by atoms with Crippen molar-refractivity contribution in [3.8, 4) is 11.5 Å². The first kappa shape index (κ1) is 19.5. The van der Waals surface area contributed by atoms with Crippen LogP contribution in [0.4, 0.5) is 0 Å². The monoisotopic (exact) mass is 349 g/mol. The van der Waals surface area contributed by atoms with Gasteiger partial charge in [-0.25, -0.2) is 0 Å². The molecule has 1 N–H and O–H groups in total. The molecule has 6 heteroatoms. The summed E-state index contributed by atoms with van der Waals surface area (Å²) in [5.41, 5.74) is -0.0412. The number of piperazine rings is 1. The van der Waals surface area contributed by atoms with Gasteiger partial charge in [0.2, 0.25) is 5.91 Å². The Kier molecular flexibility index (Phi) is 7.08. The van der Waals surface area contributed by atoms with Gasteiger partial charge in [0.1, 0.15) is 0 Å². The zero-order chi connectivity index (χ0) is 18.3. The molecular formula is C19H31N3O3. The minimum atomic E-state index is -0.0412. The van der Waals surface area contributed by atoms with E-state index < -0.39 is 0 Å². The lowest BCUT2D eigenvalue weighted by atomic mass is 10.0. The van der Waals surface area contributed by atoms with E-state index in [4.69, 9.17) is 9.47 Å². The van der Waals surface area contributed by atoms with E-state index in [2.05, 4.69) is 36.0 Å². The van der Waals surface area contributed by atoms with Crippen LogP contribution in [0.3, 0.4) is 0 Å². The second-order valence-electron chi connectivity index (χ2n) is 7.13.